The average Bonchev–Trinajstić information content (AvgIpc) is 3.06. The van der Waals surface area contributed by atoms with Crippen molar-refractivity contribution in [1.82, 2.24) is 20.2 Å². The molecule has 4 rings (SSSR count). The highest BCUT2D eigenvalue weighted by molar-refractivity contribution is 5.37. The molecule has 1 N–H and O–H groups in total. The summed E-state index contributed by atoms with van der Waals surface area (Å²) in [5, 5.41) is 12.9. The highest BCUT2D eigenvalue weighted by Crippen LogP contribution is 2.27. The summed E-state index contributed by atoms with van der Waals surface area (Å²) in [5.74, 6) is 1.84. The van der Waals surface area contributed by atoms with Gasteiger partial charge in [0.1, 0.15) is 5.75 Å². The molecular formula is C23H30N5O+. The lowest BCUT2D eigenvalue weighted by atomic mass is 10.0. The van der Waals surface area contributed by atoms with Crippen LogP contribution in [0.5, 0.6) is 5.75 Å². The third-order valence-electron chi connectivity index (χ3n) is 5.88. The largest absolute Gasteiger partial charge is 0.496 e. The zero-order valence-corrected chi connectivity index (χ0v) is 17.1. The number of methoxy groups -OCH3 is 1. The molecule has 1 atom stereocenters. The lowest BCUT2D eigenvalue weighted by Crippen LogP contribution is -3.12. The summed E-state index contributed by atoms with van der Waals surface area (Å²) >= 11 is 0. The highest BCUT2D eigenvalue weighted by Gasteiger charge is 2.34. The number of ether oxygens (including phenoxy) is 1. The Morgan fingerprint density at radius 3 is 2.45 bits per heavy atom. The van der Waals surface area contributed by atoms with Crippen molar-refractivity contribution in [1.29, 1.82) is 0 Å². The molecule has 1 aromatic heterocycles. The van der Waals surface area contributed by atoms with E-state index in [0.717, 1.165) is 37.6 Å². The van der Waals surface area contributed by atoms with E-state index in [2.05, 4.69) is 51.9 Å². The number of quaternary nitrogens is 1. The number of nitrogens with one attached hydrogen (secondary N) is 1. The van der Waals surface area contributed by atoms with Crippen molar-refractivity contribution >= 4 is 0 Å². The molecule has 1 aliphatic rings. The van der Waals surface area contributed by atoms with E-state index in [9.17, 15) is 0 Å². The SMILES string of the molecule is COc1ccccc1[C@H](c1nnnn1CCc1ccccc1)[NH+]1CCCCCC1. The predicted octanol–water partition coefficient (Wildman–Crippen LogP) is 2.47. The molecule has 0 saturated carbocycles. The maximum Gasteiger partial charge on any atom is 0.214 e. The molecule has 0 radical (unpaired) electrons. The van der Waals surface area contributed by atoms with Gasteiger partial charge in [0.2, 0.25) is 5.82 Å². The van der Waals surface area contributed by atoms with Crippen molar-refractivity contribution in [2.24, 2.45) is 0 Å². The molecule has 1 saturated heterocycles. The minimum absolute atomic E-state index is 0.0787. The molecule has 29 heavy (non-hydrogen) atoms. The third-order valence-corrected chi connectivity index (χ3v) is 5.88. The number of aryl methyl sites for hydroxylation is 2. The fourth-order valence-corrected chi connectivity index (χ4v) is 4.38. The van der Waals surface area contributed by atoms with Crippen molar-refractivity contribution in [3.63, 3.8) is 0 Å². The Balaban J connectivity index is 1.67. The molecule has 6 nitrogen and oxygen atoms in total. The van der Waals surface area contributed by atoms with Crippen LogP contribution in [0.1, 0.15) is 48.7 Å². The second-order valence-corrected chi connectivity index (χ2v) is 7.74. The van der Waals surface area contributed by atoms with E-state index in [0.29, 0.717) is 0 Å². The van der Waals surface area contributed by atoms with Gasteiger partial charge in [-0.3, -0.25) is 0 Å². The van der Waals surface area contributed by atoms with Gasteiger partial charge in [-0.25, -0.2) is 4.68 Å². The zero-order valence-electron chi connectivity index (χ0n) is 17.1. The Hall–Kier alpha value is -2.73. The first-order valence-electron chi connectivity index (χ1n) is 10.6. The normalized spacial score (nSPS) is 16.3. The van der Waals surface area contributed by atoms with E-state index in [1.165, 1.54) is 41.7 Å². The maximum atomic E-state index is 5.72. The van der Waals surface area contributed by atoms with Crippen LogP contribution in [0, 0.1) is 0 Å². The maximum absolute atomic E-state index is 5.72. The van der Waals surface area contributed by atoms with Gasteiger partial charge in [-0.05, 0) is 60.2 Å². The summed E-state index contributed by atoms with van der Waals surface area (Å²) in [6.07, 6.45) is 6.01. The van der Waals surface area contributed by atoms with Crippen molar-refractivity contribution in [3.05, 3.63) is 71.5 Å². The van der Waals surface area contributed by atoms with E-state index in [4.69, 9.17) is 4.74 Å². The quantitative estimate of drug-likeness (QED) is 0.671. The van der Waals surface area contributed by atoms with E-state index in [1.807, 2.05) is 22.9 Å². The van der Waals surface area contributed by atoms with Gasteiger partial charge in [-0.15, -0.1) is 5.10 Å². The first kappa shape index (κ1) is 19.6. The molecule has 2 aromatic carbocycles. The smallest absolute Gasteiger partial charge is 0.214 e. The van der Waals surface area contributed by atoms with Gasteiger partial charge < -0.3 is 9.64 Å². The van der Waals surface area contributed by atoms with Crippen molar-refractivity contribution in [2.45, 2.75) is 44.7 Å². The fourth-order valence-electron chi connectivity index (χ4n) is 4.38. The number of aromatic nitrogens is 4. The van der Waals surface area contributed by atoms with Gasteiger partial charge in [0.05, 0.1) is 25.8 Å². The summed E-state index contributed by atoms with van der Waals surface area (Å²) in [6, 6.07) is 18.9. The lowest BCUT2D eigenvalue weighted by molar-refractivity contribution is -0.925. The Morgan fingerprint density at radius 1 is 0.966 bits per heavy atom. The predicted molar refractivity (Wildman–Crippen MR) is 112 cm³/mol. The molecule has 3 aromatic rings. The third kappa shape index (κ3) is 4.65. The molecule has 0 bridgehead atoms. The minimum atomic E-state index is 0.0787. The van der Waals surface area contributed by atoms with E-state index < -0.39 is 0 Å². The number of hydrogen-bond donors (Lipinski definition) is 1. The van der Waals surface area contributed by atoms with Crippen LogP contribution in [-0.2, 0) is 13.0 Å². The monoisotopic (exact) mass is 392 g/mol. The Kier molecular flexibility index (Phi) is 6.52. The van der Waals surface area contributed by atoms with Crippen LogP contribution in [0.25, 0.3) is 0 Å². The van der Waals surface area contributed by atoms with E-state index in [1.54, 1.807) is 7.11 Å². The number of para-hydroxylation sites is 1. The average molecular weight is 393 g/mol. The molecule has 0 aliphatic carbocycles. The summed E-state index contributed by atoms with van der Waals surface area (Å²) < 4.78 is 7.71. The van der Waals surface area contributed by atoms with Gasteiger partial charge in [0.25, 0.3) is 0 Å². The summed E-state index contributed by atoms with van der Waals surface area (Å²) in [7, 11) is 1.74. The molecule has 152 valence electrons. The second kappa shape index (κ2) is 9.65. The van der Waals surface area contributed by atoms with Gasteiger partial charge in [-0.2, -0.15) is 0 Å². The summed E-state index contributed by atoms with van der Waals surface area (Å²) in [4.78, 5) is 1.53. The number of hydrogen-bond acceptors (Lipinski definition) is 4. The first-order valence-corrected chi connectivity index (χ1v) is 10.6. The molecule has 0 unspecified atom stereocenters. The molecule has 6 heteroatoms. The van der Waals surface area contributed by atoms with Crippen LogP contribution >= 0.6 is 0 Å². The second-order valence-electron chi connectivity index (χ2n) is 7.74. The fraction of sp³-hybridized carbons (Fsp3) is 0.435. The number of nitrogens with zero attached hydrogens (tertiary/aromatic N) is 4. The molecule has 2 heterocycles. The minimum Gasteiger partial charge on any atom is -0.496 e. The number of benzene rings is 2. The van der Waals surface area contributed by atoms with Gasteiger partial charge in [-0.1, -0.05) is 42.5 Å². The van der Waals surface area contributed by atoms with Gasteiger partial charge >= 0.3 is 0 Å². The van der Waals surface area contributed by atoms with E-state index in [-0.39, 0.29) is 6.04 Å². The Bertz CT molecular complexity index is 887. The van der Waals surface area contributed by atoms with Crippen LogP contribution in [0.2, 0.25) is 0 Å². The molecular weight excluding hydrogens is 362 g/mol. The zero-order chi connectivity index (χ0) is 19.9. The van der Waals surface area contributed by atoms with Crippen LogP contribution in [0.4, 0.5) is 0 Å². The van der Waals surface area contributed by atoms with Crippen LogP contribution < -0.4 is 9.64 Å². The van der Waals surface area contributed by atoms with Crippen molar-refractivity contribution < 1.29 is 9.64 Å². The highest BCUT2D eigenvalue weighted by atomic mass is 16.5. The summed E-state index contributed by atoms with van der Waals surface area (Å²) in [5.41, 5.74) is 2.47. The standard InChI is InChI=1S/C23H29N5O/c1-29-21-14-8-7-13-20(21)22(27-16-9-2-3-10-17-27)23-24-25-26-28(23)18-15-19-11-5-4-6-12-19/h4-8,11-14,22H,2-3,9-10,15-18H2,1H3/p+1/t22-/m1/s1. The van der Waals surface area contributed by atoms with Crippen molar-refractivity contribution in [2.75, 3.05) is 20.2 Å². The first-order chi connectivity index (χ1) is 14.4. The number of tetrazole rings is 1. The van der Waals surface area contributed by atoms with Crippen LogP contribution in [0.3, 0.4) is 0 Å². The van der Waals surface area contributed by atoms with Crippen molar-refractivity contribution in [3.8, 4) is 5.75 Å². The van der Waals surface area contributed by atoms with E-state index >= 15 is 0 Å². The molecule has 1 aliphatic heterocycles. The topological polar surface area (TPSA) is 57.3 Å². The molecule has 1 fully saturated rings. The van der Waals surface area contributed by atoms with Gasteiger partial charge in [0, 0.05) is 6.54 Å². The van der Waals surface area contributed by atoms with Crippen LogP contribution in [0.15, 0.2) is 54.6 Å². The molecule has 0 spiro atoms. The number of likely N-dealkylation sites (tertiary alicyclic amines) is 1. The number of rotatable bonds is 7. The van der Waals surface area contributed by atoms with Crippen LogP contribution in [-0.4, -0.2) is 40.4 Å². The Morgan fingerprint density at radius 2 is 1.69 bits per heavy atom. The van der Waals surface area contributed by atoms with Gasteiger partial charge in [0.15, 0.2) is 6.04 Å². The lowest BCUT2D eigenvalue weighted by Gasteiger charge is -2.28. The summed E-state index contributed by atoms with van der Waals surface area (Å²) in [6.45, 7) is 3.04. The molecule has 0 amide bonds. The Labute approximate surface area is 172 Å².